The summed E-state index contributed by atoms with van der Waals surface area (Å²) in [5.74, 6) is 0.529. The number of carboxylic acid groups (broad SMARTS) is 1. The summed E-state index contributed by atoms with van der Waals surface area (Å²) in [6.45, 7) is 0. The number of nitrogen functional groups attached to an aromatic ring is 1. The van der Waals surface area contributed by atoms with Crippen molar-refractivity contribution in [2.24, 2.45) is 5.92 Å². The molecule has 0 saturated heterocycles. The highest BCUT2D eigenvalue weighted by atomic mass is 16.4. The van der Waals surface area contributed by atoms with Gasteiger partial charge in [-0.15, -0.1) is 0 Å². The van der Waals surface area contributed by atoms with Crippen LogP contribution in [0.3, 0.4) is 0 Å². The number of anilines is 1. The lowest BCUT2D eigenvalue weighted by Gasteiger charge is -2.28. The fraction of sp³-hybridized carbons (Fsp3) is 0.533. The molecule has 0 aliphatic heterocycles. The first-order valence-corrected chi connectivity index (χ1v) is 6.72. The van der Waals surface area contributed by atoms with Gasteiger partial charge in [0.05, 0.1) is 0 Å². The smallest absolute Gasteiger partial charge is 0.303 e. The Labute approximate surface area is 108 Å². The predicted molar refractivity (Wildman–Crippen MR) is 72.4 cm³/mol. The summed E-state index contributed by atoms with van der Waals surface area (Å²) < 4.78 is 0. The van der Waals surface area contributed by atoms with Gasteiger partial charge in [0.25, 0.3) is 0 Å². The standard InChI is InChI=1S/C15H21NO2/c16-14-3-1-2-13(10-14)12-7-4-11(5-8-12)6-9-15(17)18/h1-3,10-12H,4-9,16H2,(H,17,18). The van der Waals surface area contributed by atoms with E-state index in [-0.39, 0.29) is 0 Å². The molecule has 0 heterocycles. The molecule has 0 amide bonds. The number of carbonyl (C=O) groups is 1. The van der Waals surface area contributed by atoms with Crippen molar-refractivity contribution in [3.8, 4) is 0 Å². The molecule has 3 N–H and O–H groups in total. The zero-order valence-corrected chi connectivity index (χ0v) is 10.6. The predicted octanol–water partition coefficient (Wildman–Crippen LogP) is 3.41. The van der Waals surface area contributed by atoms with Crippen LogP contribution in [0, 0.1) is 5.92 Å². The molecule has 1 aliphatic carbocycles. The SMILES string of the molecule is Nc1cccc(C2CCC(CCC(=O)O)CC2)c1. The molecule has 0 bridgehead atoms. The van der Waals surface area contributed by atoms with Gasteiger partial charge in [-0.25, -0.2) is 0 Å². The van der Waals surface area contributed by atoms with Gasteiger partial charge >= 0.3 is 5.97 Å². The molecule has 1 saturated carbocycles. The number of benzene rings is 1. The molecule has 1 aromatic carbocycles. The largest absolute Gasteiger partial charge is 0.481 e. The maximum Gasteiger partial charge on any atom is 0.303 e. The fourth-order valence-electron chi connectivity index (χ4n) is 2.93. The van der Waals surface area contributed by atoms with E-state index in [1.807, 2.05) is 12.1 Å². The monoisotopic (exact) mass is 247 g/mol. The Bertz CT molecular complexity index is 409. The van der Waals surface area contributed by atoms with Gasteiger partial charge in [-0.05, 0) is 61.6 Å². The van der Waals surface area contributed by atoms with Gasteiger partial charge in [0.2, 0.25) is 0 Å². The Balaban J connectivity index is 1.85. The Hall–Kier alpha value is -1.51. The van der Waals surface area contributed by atoms with Crippen molar-refractivity contribution >= 4 is 11.7 Å². The molecule has 0 spiro atoms. The highest BCUT2D eigenvalue weighted by Crippen LogP contribution is 2.37. The van der Waals surface area contributed by atoms with Crippen LogP contribution in [-0.2, 0) is 4.79 Å². The van der Waals surface area contributed by atoms with Crippen LogP contribution in [0.2, 0.25) is 0 Å². The van der Waals surface area contributed by atoms with Gasteiger partial charge in [0.1, 0.15) is 0 Å². The molecule has 0 atom stereocenters. The van der Waals surface area contributed by atoms with Crippen LogP contribution in [0.4, 0.5) is 5.69 Å². The van der Waals surface area contributed by atoms with E-state index >= 15 is 0 Å². The lowest BCUT2D eigenvalue weighted by atomic mass is 9.77. The third kappa shape index (κ3) is 3.49. The van der Waals surface area contributed by atoms with Crippen molar-refractivity contribution < 1.29 is 9.90 Å². The van der Waals surface area contributed by atoms with E-state index in [1.54, 1.807) is 0 Å². The lowest BCUT2D eigenvalue weighted by molar-refractivity contribution is -0.137. The first-order valence-electron chi connectivity index (χ1n) is 6.72. The minimum absolute atomic E-state index is 0.313. The minimum Gasteiger partial charge on any atom is -0.481 e. The van der Waals surface area contributed by atoms with E-state index in [4.69, 9.17) is 10.8 Å². The number of hydrogen-bond acceptors (Lipinski definition) is 2. The maximum atomic E-state index is 10.6. The van der Waals surface area contributed by atoms with Crippen molar-refractivity contribution in [1.82, 2.24) is 0 Å². The molecule has 1 aliphatic rings. The third-order valence-corrected chi connectivity index (χ3v) is 4.00. The fourth-order valence-corrected chi connectivity index (χ4v) is 2.93. The third-order valence-electron chi connectivity index (χ3n) is 4.00. The molecule has 3 heteroatoms. The van der Waals surface area contributed by atoms with Crippen LogP contribution in [-0.4, -0.2) is 11.1 Å². The van der Waals surface area contributed by atoms with Crippen molar-refractivity contribution in [1.29, 1.82) is 0 Å². The van der Waals surface area contributed by atoms with Crippen molar-refractivity contribution in [2.45, 2.75) is 44.4 Å². The normalized spacial score (nSPS) is 23.8. The average molecular weight is 247 g/mol. The molecular weight excluding hydrogens is 226 g/mol. The van der Waals surface area contributed by atoms with Crippen molar-refractivity contribution in [3.05, 3.63) is 29.8 Å². The van der Waals surface area contributed by atoms with E-state index < -0.39 is 5.97 Å². The number of nitrogens with two attached hydrogens (primary N) is 1. The molecule has 2 rings (SSSR count). The second-order valence-corrected chi connectivity index (χ2v) is 5.32. The summed E-state index contributed by atoms with van der Waals surface area (Å²) in [7, 11) is 0. The zero-order chi connectivity index (χ0) is 13.0. The topological polar surface area (TPSA) is 63.3 Å². The lowest BCUT2D eigenvalue weighted by Crippen LogP contribution is -2.14. The van der Waals surface area contributed by atoms with Crippen LogP contribution in [0.1, 0.15) is 50.0 Å². The Morgan fingerprint density at radius 1 is 1.28 bits per heavy atom. The Kier molecular flexibility index (Phi) is 4.24. The number of hydrogen-bond donors (Lipinski definition) is 2. The molecule has 1 aromatic rings. The van der Waals surface area contributed by atoms with E-state index in [0.717, 1.165) is 37.8 Å². The molecule has 0 unspecified atom stereocenters. The molecule has 18 heavy (non-hydrogen) atoms. The van der Waals surface area contributed by atoms with Crippen LogP contribution in [0.25, 0.3) is 0 Å². The van der Waals surface area contributed by atoms with E-state index in [1.165, 1.54) is 5.56 Å². The number of carboxylic acids is 1. The molecule has 3 nitrogen and oxygen atoms in total. The van der Waals surface area contributed by atoms with E-state index in [9.17, 15) is 4.79 Å². The van der Waals surface area contributed by atoms with Crippen LogP contribution in [0.5, 0.6) is 0 Å². The maximum absolute atomic E-state index is 10.6. The van der Waals surface area contributed by atoms with E-state index in [0.29, 0.717) is 18.3 Å². The van der Waals surface area contributed by atoms with Crippen molar-refractivity contribution in [2.75, 3.05) is 5.73 Å². The summed E-state index contributed by atoms with van der Waals surface area (Å²) in [4.78, 5) is 10.6. The van der Waals surface area contributed by atoms with Gasteiger partial charge < -0.3 is 10.8 Å². The molecular formula is C15H21NO2. The second-order valence-electron chi connectivity index (χ2n) is 5.32. The highest BCUT2D eigenvalue weighted by Gasteiger charge is 2.22. The number of aliphatic carboxylic acids is 1. The highest BCUT2D eigenvalue weighted by molar-refractivity contribution is 5.66. The Morgan fingerprint density at radius 3 is 2.61 bits per heavy atom. The van der Waals surface area contributed by atoms with Crippen molar-refractivity contribution in [3.63, 3.8) is 0 Å². The van der Waals surface area contributed by atoms with E-state index in [2.05, 4.69) is 12.1 Å². The van der Waals surface area contributed by atoms with Gasteiger partial charge in [0.15, 0.2) is 0 Å². The summed E-state index contributed by atoms with van der Waals surface area (Å²) in [5, 5.41) is 8.69. The summed E-state index contributed by atoms with van der Waals surface area (Å²) in [6, 6.07) is 8.16. The number of rotatable bonds is 4. The Morgan fingerprint density at radius 2 is 2.00 bits per heavy atom. The van der Waals surface area contributed by atoms with Gasteiger partial charge in [-0.1, -0.05) is 12.1 Å². The zero-order valence-electron chi connectivity index (χ0n) is 10.6. The van der Waals surface area contributed by atoms with Gasteiger partial charge in [-0.3, -0.25) is 4.79 Å². The molecule has 98 valence electrons. The molecule has 1 fully saturated rings. The summed E-state index contributed by atoms with van der Waals surface area (Å²) in [5.41, 5.74) is 7.98. The van der Waals surface area contributed by atoms with Gasteiger partial charge in [0, 0.05) is 12.1 Å². The van der Waals surface area contributed by atoms with Crippen LogP contribution >= 0.6 is 0 Å². The minimum atomic E-state index is -0.673. The summed E-state index contributed by atoms with van der Waals surface area (Å²) in [6.07, 6.45) is 5.76. The second kappa shape index (κ2) is 5.89. The molecule has 0 aromatic heterocycles. The molecule has 0 radical (unpaired) electrons. The van der Waals surface area contributed by atoms with Crippen LogP contribution in [0.15, 0.2) is 24.3 Å². The summed E-state index contributed by atoms with van der Waals surface area (Å²) >= 11 is 0. The average Bonchev–Trinajstić information content (AvgIpc) is 2.37. The first-order chi connectivity index (χ1) is 8.65. The first kappa shape index (κ1) is 12.9. The van der Waals surface area contributed by atoms with Gasteiger partial charge in [-0.2, -0.15) is 0 Å². The quantitative estimate of drug-likeness (QED) is 0.801. The van der Waals surface area contributed by atoms with Crippen LogP contribution < -0.4 is 5.73 Å².